The number of ketones is 1. The molecule has 65 heavy (non-hydrogen) atoms. The second-order valence-corrected chi connectivity index (χ2v) is 21.0. The van der Waals surface area contributed by atoms with Crippen LogP contribution in [0.1, 0.15) is 71.9 Å². The monoisotopic (exact) mass is 999 g/mol. The normalized spacial score (nSPS) is 24.5. The Morgan fingerprint density at radius 3 is 2.48 bits per heavy atom. The van der Waals surface area contributed by atoms with E-state index in [2.05, 4.69) is 43.5 Å². The zero-order chi connectivity index (χ0) is 48.3. The number of nitrogens with zero attached hydrogens (tertiary/aromatic N) is 4. The van der Waals surface area contributed by atoms with Crippen LogP contribution in [0, 0.1) is 17.3 Å². The first-order valence-electron chi connectivity index (χ1n) is 20.2. The van der Waals surface area contributed by atoms with Gasteiger partial charge in [0.05, 0.1) is 33.5 Å². The molecule has 30 heteroatoms. The van der Waals surface area contributed by atoms with Crippen LogP contribution >= 0.6 is 35.2 Å². The van der Waals surface area contributed by atoms with Gasteiger partial charge in [0.15, 0.2) is 22.8 Å². The summed E-state index contributed by atoms with van der Waals surface area (Å²) in [6.45, 7) is 1.87. The zero-order valence-electron chi connectivity index (χ0n) is 35.4. The second-order valence-electron chi connectivity index (χ2n) is 15.8. The van der Waals surface area contributed by atoms with Crippen LogP contribution in [0.2, 0.25) is 0 Å². The standard InChI is InChI=1S/C35H56N7O19P3S/c1-4-5-6-7-22-20(8-9-23(22)44)14-21(43)15-26(46)65-13-12-37-25(45)10-11-38-33(49)30(48)35(2,3)17-58-64(55,56)61-63(53,54)57-16-24-29(60-62(50,51)52)28(47)34(59-24)42-19-41-27-31(36)39-18-40-32(27)42/h5-6,18-22,24,28-30,34,43,47-48H,4,7-17H2,1-3H3,(H,37,45)(H,38,49)(H,53,54)(H,55,56)(H2,36,39,40)(H2,50,51,52)/p-4/b6-5-/t20-,21+,22+,24-,28-,29-,30+,34-/m1/s1. The van der Waals surface area contributed by atoms with E-state index >= 15 is 0 Å². The molecule has 3 heterocycles. The molecular formula is C35H52N7O19P3S-4. The van der Waals surface area contributed by atoms with E-state index in [0.29, 0.717) is 25.7 Å². The summed E-state index contributed by atoms with van der Waals surface area (Å²) in [5.74, 6) is -1.43. The number of allylic oxidation sites excluding steroid dienone is 2. The van der Waals surface area contributed by atoms with Gasteiger partial charge in [0.25, 0.3) is 15.6 Å². The number of hydrogen-bond acceptors (Lipinski definition) is 24. The number of ether oxygens (including phenoxy) is 1. The number of phosphoric acid groups is 3. The summed E-state index contributed by atoms with van der Waals surface area (Å²) in [5.41, 5.74) is 4.03. The van der Waals surface area contributed by atoms with Gasteiger partial charge in [0.1, 0.15) is 42.0 Å². The molecule has 26 nitrogen and oxygen atoms in total. The van der Waals surface area contributed by atoms with Crippen molar-refractivity contribution in [2.75, 3.05) is 37.8 Å². The summed E-state index contributed by atoms with van der Waals surface area (Å²) in [6, 6.07) is 0. The summed E-state index contributed by atoms with van der Waals surface area (Å²) in [7, 11) is -17.7. The Morgan fingerprint density at radius 2 is 1.78 bits per heavy atom. The molecule has 7 N–H and O–H groups in total. The molecular weight excluding hydrogens is 947 g/mol. The van der Waals surface area contributed by atoms with Crippen molar-refractivity contribution in [2.24, 2.45) is 17.3 Å². The number of aliphatic hydroxyl groups excluding tert-OH is 3. The largest absolute Gasteiger partial charge is 0.790 e. The average Bonchev–Trinajstić information content (AvgIpc) is 3.88. The van der Waals surface area contributed by atoms with Crippen LogP contribution in [0.3, 0.4) is 0 Å². The molecule has 2 amide bonds. The number of nitrogen functional groups attached to an aromatic ring is 1. The fraction of sp³-hybridized carbons (Fsp3) is 0.686. The summed E-state index contributed by atoms with van der Waals surface area (Å²) in [4.78, 5) is 109. The van der Waals surface area contributed by atoms with Crippen molar-refractivity contribution in [3.63, 3.8) is 0 Å². The molecule has 2 aromatic heterocycles. The number of Topliss-reactive ketones (excluding diaryl/α,β-unsaturated/α-hetero) is 1. The number of rotatable bonds is 26. The van der Waals surface area contributed by atoms with Crippen molar-refractivity contribution in [3.05, 3.63) is 24.8 Å². The van der Waals surface area contributed by atoms with Crippen molar-refractivity contribution in [1.29, 1.82) is 0 Å². The lowest BCUT2D eigenvalue weighted by molar-refractivity contribution is -0.347. The van der Waals surface area contributed by atoms with E-state index in [1.807, 2.05) is 19.1 Å². The molecule has 2 aromatic rings. The van der Waals surface area contributed by atoms with Crippen LogP contribution in [0.15, 0.2) is 24.8 Å². The SMILES string of the molecule is CC/C=C\C[C@@H]1C(=O)CC[C@@H]1C[C@H](O)CC(=O)SCCNC(=O)CCNC(=O)[C@H](O)C(C)(C)COP(=O)([O-])OP(=O)([O-])OC[C@H]1O[C@@H](n2cnc3c(N)ncnc32)[C@H](O)[C@@H]1OP(=O)([O-])[O-]. The quantitative estimate of drug-likeness (QED) is 0.0345. The highest BCUT2D eigenvalue weighted by Crippen LogP contribution is 2.56. The first-order chi connectivity index (χ1) is 30.3. The molecule has 1 aliphatic heterocycles. The van der Waals surface area contributed by atoms with Gasteiger partial charge in [0.2, 0.25) is 11.8 Å². The molecule has 1 aliphatic carbocycles. The van der Waals surface area contributed by atoms with Crippen molar-refractivity contribution in [3.8, 4) is 0 Å². The maximum absolute atomic E-state index is 12.6. The number of amides is 2. The minimum absolute atomic E-state index is 0.00630. The second kappa shape index (κ2) is 23.8. The number of nitrogens with one attached hydrogen (secondary N) is 2. The summed E-state index contributed by atoms with van der Waals surface area (Å²) < 4.78 is 60.7. The van der Waals surface area contributed by atoms with Gasteiger partial charge < -0.3 is 74.1 Å². The van der Waals surface area contributed by atoms with Gasteiger partial charge in [-0.15, -0.1) is 0 Å². The van der Waals surface area contributed by atoms with Crippen LogP contribution < -0.4 is 35.9 Å². The Bertz CT molecular complexity index is 2160. The smallest absolute Gasteiger partial charge is 0.274 e. The average molecular weight is 1000 g/mol. The Balaban J connectivity index is 1.16. The van der Waals surface area contributed by atoms with Gasteiger partial charge >= 0.3 is 0 Å². The van der Waals surface area contributed by atoms with Crippen molar-refractivity contribution < 1.29 is 90.4 Å². The Hall–Kier alpha value is -3.07. The van der Waals surface area contributed by atoms with E-state index in [4.69, 9.17) is 10.5 Å². The molecule has 0 spiro atoms. The number of anilines is 1. The van der Waals surface area contributed by atoms with Crippen LogP contribution in [-0.2, 0) is 55.5 Å². The molecule has 2 aliphatic rings. The molecule has 366 valence electrons. The van der Waals surface area contributed by atoms with E-state index in [-0.39, 0.29) is 71.4 Å². The van der Waals surface area contributed by atoms with Gasteiger partial charge in [-0.25, -0.2) is 19.3 Å². The highest BCUT2D eigenvalue weighted by Gasteiger charge is 2.47. The topological polar surface area (TPSA) is 412 Å². The van der Waals surface area contributed by atoms with E-state index in [9.17, 15) is 67.8 Å². The first-order valence-corrected chi connectivity index (χ1v) is 25.5. The van der Waals surface area contributed by atoms with Gasteiger partial charge in [-0.05, 0) is 31.6 Å². The number of fused-ring (bicyclic) bond motifs is 1. The van der Waals surface area contributed by atoms with Crippen LogP contribution in [0.4, 0.5) is 5.82 Å². The number of aromatic nitrogens is 4. The van der Waals surface area contributed by atoms with Gasteiger partial charge in [-0.2, -0.15) is 0 Å². The Kier molecular flexibility index (Phi) is 20.0. The molecule has 1 saturated carbocycles. The number of carbonyl (C=O) groups excluding carboxylic acids is 4. The summed E-state index contributed by atoms with van der Waals surface area (Å²) in [6.07, 6.45) is -1.84. The van der Waals surface area contributed by atoms with Crippen LogP contribution in [0.25, 0.3) is 11.2 Å². The highest BCUT2D eigenvalue weighted by molar-refractivity contribution is 8.13. The number of phosphoric ester groups is 3. The minimum Gasteiger partial charge on any atom is -0.790 e. The number of nitrogens with two attached hydrogens (primary N) is 1. The fourth-order valence-electron chi connectivity index (χ4n) is 6.95. The third kappa shape index (κ3) is 16.6. The third-order valence-corrected chi connectivity index (χ3v) is 14.2. The van der Waals surface area contributed by atoms with Gasteiger partial charge in [-0.3, -0.25) is 32.9 Å². The van der Waals surface area contributed by atoms with E-state index < -0.39 is 90.7 Å². The predicted octanol–water partition coefficient (Wildman–Crippen LogP) is -1.77. The van der Waals surface area contributed by atoms with E-state index in [1.165, 1.54) is 13.8 Å². The van der Waals surface area contributed by atoms with Crippen molar-refractivity contribution in [1.82, 2.24) is 30.2 Å². The number of imidazole rings is 1. The molecule has 4 rings (SSSR count). The summed E-state index contributed by atoms with van der Waals surface area (Å²) in [5, 5.41) is 36.5. The number of thioether (sulfide) groups is 1. The Labute approximate surface area is 376 Å². The molecule has 0 bridgehead atoms. The highest BCUT2D eigenvalue weighted by atomic mass is 32.2. The summed E-state index contributed by atoms with van der Waals surface area (Å²) >= 11 is 0.925. The molecule has 2 fully saturated rings. The van der Waals surface area contributed by atoms with Crippen molar-refractivity contribution in [2.45, 2.75) is 102 Å². The first kappa shape index (κ1) is 54.5. The number of carbonyl (C=O) groups is 4. The maximum Gasteiger partial charge on any atom is 0.274 e. The van der Waals surface area contributed by atoms with E-state index in [0.717, 1.165) is 35.4 Å². The molecule has 2 unspecified atom stereocenters. The van der Waals surface area contributed by atoms with Crippen molar-refractivity contribution >= 4 is 74.9 Å². The maximum atomic E-state index is 12.6. The number of aliphatic hydroxyl groups is 3. The van der Waals surface area contributed by atoms with Gasteiger partial charge in [0, 0.05) is 49.4 Å². The molecule has 0 radical (unpaired) electrons. The predicted molar refractivity (Wildman–Crippen MR) is 219 cm³/mol. The van der Waals surface area contributed by atoms with Crippen LogP contribution in [0.5, 0.6) is 0 Å². The van der Waals surface area contributed by atoms with Crippen LogP contribution in [-0.4, -0.2) is 120 Å². The third-order valence-electron chi connectivity index (χ3n) is 10.3. The molecule has 0 aromatic carbocycles. The number of hydrogen-bond donors (Lipinski definition) is 6. The lowest BCUT2D eigenvalue weighted by atomic mass is 9.87. The fourth-order valence-corrected chi connectivity index (χ4v) is 10.4. The molecule has 1 saturated heterocycles. The zero-order valence-corrected chi connectivity index (χ0v) is 38.9. The Morgan fingerprint density at radius 1 is 1.08 bits per heavy atom. The lowest BCUT2D eigenvalue weighted by Gasteiger charge is -2.36. The minimum atomic E-state index is -5.94. The van der Waals surface area contributed by atoms with E-state index in [1.54, 1.807) is 0 Å². The lowest BCUT2D eigenvalue weighted by Crippen LogP contribution is -2.46. The van der Waals surface area contributed by atoms with Gasteiger partial charge in [-0.1, -0.05) is 44.7 Å². The molecule has 10 atom stereocenters.